The molecule has 1 heterocycles. The third-order valence-corrected chi connectivity index (χ3v) is 4.89. The molecule has 0 aliphatic rings. The lowest BCUT2D eigenvalue weighted by atomic mass is 9.93. The fourth-order valence-electron chi connectivity index (χ4n) is 1.91. The van der Waals surface area contributed by atoms with Crippen LogP contribution in [0.25, 0.3) is 10.6 Å². The van der Waals surface area contributed by atoms with Crippen molar-refractivity contribution >= 4 is 23.3 Å². The minimum absolute atomic E-state index is 0.186. The van der Waals surface area contributed by atoms with Crippen molar-refractivity contribution in [3.63, 3.8) is 0 Å². The first kappa shape index (κ1) is 17.9. The van der Waals surface area contributed by atoms with Crippen molar-refractivity contribution in [2.75, 3.05) is 6.54 Å². The summed E-state index contributed by atoms with van der Waals surface area (Å²) >= 11 is 1.56. The summed E-state index contributed by atoms with van der Waals surface area (Å²) in [5, 5.41) is 6.38. The first-order valence-electron chi connectivity index (χ1n) is 7.63. The van der Waals surface area contributed by atoms with Crippen LogP contribution in [-0.4, -0.2) is 23.5 Å². The molecule has 1 aromatic carbocycles. The zero-order valence-corrected chi connectivity index (χ0v) is 14.9. The Hall–Kier alpha value is -2.41. The molecule has 0 unspecified atom stereocenters. The molecule has 0 saturated carbocycles. The Morgan fingerprint density at radius 2 is 1.88 bits per heavy atom. The summed E-state index contributed by atoms with van der Waals surface area (Å²) in [5.41, 5.74) is 6.46. The molecular weight excluding hydrogens is 324 g/mol. The van der Waals surface area contributed by atoms with E-state index < -0.39 is 11.3 Å². The number of urea groups is 1. The second-order valence-electron chi connectivity index (χ2n) is 6.18. The van der Waals surface area contributed by atoms with Crippen LogP contribution in [0.5, 0.6) is 0 Å². The number of hydrogen-bond donors (Lipinski definition) is 3. The molecule has 0 atom stereocenters. The molecule has 3 amide bonds. The van der Waals surface area contributed by atoms with Gasteiger partial charge in [-0.05, 0) is 20.8 Å². The molecule has 6 nitrogen and oxygen atoms in total. The van der Waals surface area contributed by atoms with Crippen LogP contribution in [0.1, 0.15) is 24.4 Å². The van der Waals surface area contributed by atoms with Gasteiger partial charge in [-0.1, -0.05) is 30.3 Å². The number of primary amides is 1. The van der Waals surface area contributed by atoms with Crippen molar-refractivity contribution in [2.24, 2.45) is 11.1 Å². The standard InChI is InChI=1S/C17H22N4O2S/c1-11-13(24-14(21-11)12-7-5-4-6-8-12)9-19-16(23)20-10-17(2,3)15(18)22/h4-8H,9-10H2,1-3H3,(H2,18,22)(H2,19,20,23). The maximum atomic E-state index is 11.9. The van der Waals surface area contributed by atoms with Gasteiger partial charge in [0.1, 0.15) is 5.01 Å². The average molecular weight is 346 g/mol. The highest BCUT2D eigenvalue weighted by molar-refractivity contribution is 7.15. The monoisotopic (exact) mass is 346 g/mol. The van der Waals surface area contributed by atoms with Gasteiger partial charge in [-0.15, -0.1) is 11.3 Å². The number of amides is 3. The maximum absolute atomic E-state index is 11.9. The molecule has 4 N–H and O–H groups in total. The van der Waals surface area contributed by atoms with E-state index in [1.807, 2.05) is 37.3 Å². The number of nitrogens with one attached hydrogen (secondary N) is 2. The SMILES string of the molecule is Cc1nc(-c2ccccc2)sc1CNC(=O)NCC(C)(C)C(N)=O. The van der Waals surface area contributed by atoms with Crippen molar-refractivity contribution in [2.45, 2.75) is 27.3 Å². The predicted molar refractivity (Wildman–Crippen MR) is 95.5 cm³/mol. The normalized spacial score (nSPS) is 11.1. The van der Waals surface area contributed by atoms with Gasteiger partial charge >= 0.3 is 6.03 Å². The van der Waals surface area contributed by atoms with Gasteiger partial charge in [0, 0.05) is 17.0 Å². The molecule has 2 rings (SSSR count). The molecule has 0 spiro atoms. The molecule has 24 heavy (non-hydrogen) atoms. The first-order valence-corrected chi connectivity index (χ1v) is 8.44. The second kappa shape index (κ2) is 7.44. The lowest BCUT2D eigenvalue weighted by molar-refractivity contribution is -0.125. The van der Waals surface area contributed by atoms with E-state index in [4.69, 9.17) is 5.73 Å². The van der Waals surface area contributed by atoms with E-state index in [1.165, 1.54) is 0 Å². The molecule has 1 aromatic heterocycles. The van der Waals surface area contributed by atoms with Crippen LogP contribution >= 0.6 is 11.3 Å². The highest BCUT2D eigenvalue weighted by Gasteiger charge is 2.25. The molecule has 0 aliphatic carbocycles. The number of carbonyl (C=O) groups excluding carboxylic acids is 2. The van der Waals surface area contributed by atoms with Gasteiger partial charge in [-0.2, -0.15) is 0 Å². The van der Waals surface area contributed by atoms with Gasteiger partial charge in [0.15, 0.2) is 0 Å². The molecule has 0 saturated heterocycles. The third kappa shape index (κ3) is 4.55. The number of rotatable bonds is 6. The molecular formula is C17H22N4O2S. The summed E-state index contributed by atoms with van der Waals surface area (Å²) in [6.45, 7) is 5.88. The maximum Gasteiger partial charge on any atom is 0.315 e. The number of thiazole rings is 1. The highest BCUT2D eigenvalue weighted by atomic mass is 32.1. The van der Waals surface area contributed by atoms with Crippen LogP contribution in [0.3, 0.4) is 0 Å². The van der Waals surface area contributed by atoms with Crippen molar-refractivity contribution < 1.29 is 9.59 Å². The Balaban J connectivity index is 1.92. The van der Waals surface area contributed by atoms with Crippen molar-refractivity contribution in [3.8, 4) is 10.6 Å². The summed E-state index contributed by atoms with van der Waals surface area (Å²) in [6.07, 6.45) is 0. The molecule has 2 aromatic rings. The van der Waals surface area contributed by atoms with Gasteiger partial charge in [0.05, 0.1) is 17.7 Å². The molecule has 7 heteroatoms. The largest absolute Gasteiger partial charge is 0.369 e. The lowest BCUT2D eigenvalue weighted by Gasteiger charge is -2.20. The number of aryl methyl sites for hydroxylation is 1. The zero-order valence-electron chi connectivity index (χ0n) is 14.1. The topological polar surface area (TPSA) is 97.1 Å². The van der Waals surface area contributed by atoms with Crippen LogP contribution in [0, 0.1) is 12.3 Å². The van der Waals surface area contributed by atoms with E-state index in [0.717, 1.165) is 21.1 Å². The fraction of sp³-hybridized carbons (Fsp3) is 0.353. The van der Waals surface area contributed by atoms with Crippen molar-refractivity contribution in [1.29, 1.82) is 0 Å². The summed E-state index contributed by atoms with van der Waals surface area (Å²) in [4.78, 5) is 28.7. The Labute approximate surface area is 145 Å². The van der Waals surface area contributed by atoms with Crippen LogP contribution in [0.15, 0.2) is 30.3 Å². The van der Waals surface area contributed by atoms with Crippen LogP contribution in [0.4, 0.5) is 4.79 Å². The zero-order chi connectivity index (χ0) is 17.7. The predicted octanol–water partition coefficient (Wildman–Crippen LogP) is 2.43. The Morgan fingerprint density at radius 3 is 2.50 bits per heavy atom. The number of carbonyl (C=O) groups is 2. The molecule has 0 fully saturated rings. The van der Waals surface area contributed by atoms with Crippen LogP contribution < -0.4 is 16.4 Å². The third-order valence-electron chi connectivity index (χ3n) is 3.68. The Morgan fingerprint density at radius 1 is 1.21 bits per heavy atom. The van der Waals surface area contributed by atoms with E-state index >= 15 is 0 Å². The minimum atomic E-state index is -0.780. The van der Waals surface area contributed by atoms with Crippen molar-refractivity contribution in [3.05, 3.63) is 40.9 Å². The van der Waals surface area contributed by atoms with Gasteiger partial charge < -0.3 is 16.4 Å². The number of benzene rings is 1. The summed E-state index contributed by atoms with van der Waals surface area (Å²) in [7, 11) is 0. The van der Waals surface area contributed by atoms with Gasteiger partial charge in [-0.3, -0.25) is 4.79 Å². The Bertz CT molecular complexity index is 725. The van der Waals surface area contributed by atoms with Crippen LogP contribution in [0.2, 0.25) is 0 Å². The number of nitrogens with zero attached hydrogens (tertiary/aromatic N) is 1. The lowest BCUT2D eigenvalue weighted by Crippen LogP contribution is -2.45. The smallest absolute Gasteiger partial charge is 0.315 e. The quantitative estimate of drug-likeness (QED) is 0.749. The second-order valence-corrected chi connectivity index (χ2v) is 7.26. The summed E-state index contributed by atoms with van der Waals surface area (Å²) in [6, 6.07) is 9.58. The molecule has 0 bridgehead atoms. The number of aromatic nitrogens is 1. The van der Waals surface area contributed by atoms with Gasteiger partial charge in [0.25, 0.3) is 0 Å². The summed E-state index contributed by atoms with van der Waals surface area (Å²) < 4.78 is 0. The fourth-order valence-corrected chi connectivity index (χ4v) is 2.92. The van der Waals surface area contributed by atoms with Gasteiger partial charge in [0.2, 0.25) is 5.91 Å². The average Bonchev–Trinajstić information content (AvgIpc) is 2.93. The van der Waals surface area contributed by atoms with E-state index in [9.17, 15) is 9.59 Å². The first-order chi connectivity index (χ1) is 11.3. The highest BCUT2D eigenvalue weighted by Crippen LogP contribution is 2.27. The number of nitrogens with two attached hydrogens (primary N) is 1. The van der Waals surface area contributed by atoms with E-state index in [2.05, 4.69) is 15.6 Å². The van der Waals surface area contributed by atoms with E-state index in [-0.39, 0.29) is 12.6 Å². The molecule has 0 radical (unpaired) electrons. The van der Waals surface area contributed by atoms with Crippen LogP contribution in [-0.2, 0) is 11.3 Å². The number of hydrogen-bond acceptors (Lipinski definition) is 4. The van der Waals surface area contributed by atoms with E-state index in [1.54, 1.807) is 25.2 Å². The molecule has 128 valence electrons. The molecule has 0 aliphatic heterocycles. The minimum Gasteiger partial charge on any atom is -0.369 e. The summed E-state index contributed by atoms with van der Waals surface area (Å²) in [5.74, 6) is -0.450. The Kier molecular flexibility index (Phi) is 5.56. The van der Waals surface area contributed by atoms with Gasteiger partial charge in [-0.25, -0.2) is 9.78 Å². The van der Waals surface area contributed by atoms with Crippen molar-refractivity contribution in [1.82, 2.24) is 15.6 Å². The van der Waals surface area contributed by atoms with E-state index in [0.29, 0.717) is 6.54 Å².